The first kappa shape index (κ1) is 13.8. The zero-order chi connectivity index (χ0) is 14.7. The minimum Gasteiger partial charge on any atom is -0.490 e. The van der Waals surface area contributed by atoms with Gasteiger partial charge < -0.3 is 14.5 Å². The summed E-state index contributed by atoms with van der Waals surface area (Å²) < 4.78 is 24.8. The van der Waals surface area contributed by atoms with Crippen LogP contribution in [0.15, 0.2) is 41.3 Å². The Bertz CT molecular complexity index is 677. The van der Waals surface area contributed by atoms with E-state index in [0.29, 0.717) is 23.5 Å². The number of halogens is 1. The quantitative estimate of drug-likeness (QED) is 0.941. The molecule has 110 valence electrons. The third-order valence-electron chi connectivity index (χ3n) is 3.48. The number of pyridine rings is 1. The Labute approximate surface area is 121 Å². The van der Waals surface area contributed by atoms with Crippen molar-refractivity contribution >= 4 is 0 Å². The molecule has 5 heteroatoms. The molecule has 1 aromatic heterocycles. The van der Waals surface area contributed by atoms with Crippen LogP contribution in [0.3, 0.4) is 0 Å². The van der Waals surface area contributed by atoms with Gasteiger partial charge in [0.05, 0.1) is 6.10 Å². The van der Waals surface area contributed by atoms with Gasteiger partial charge in [-0.25, -0.2) is 4.39 Å². The van der Waals surface area contributed by atoms with Crippen LogP contribution in [-0.2, 0) is 4.74 Å². The third kappa shape index (κ3) is 3.31. The molecule has 2 aromatic rings. The van der Waals surface area contributed by atoms with Gasteiger partial charge in [0.25, 0.3) is 0 Å². The van der Waals surface area contributed by atoms with E-state index in [1.807, 2.05) is 0 Å². The van der Waals surface area contributed by atoms with Crippen molar-refractivity contribution in [3.05, 3.63) is 52.7 Å². The largest absolute Gasteiger partial charge is 0.490 e. The second-order valence-corrected chi connectivity index (χ2v) is 5.03. The average molecular weight is 289 g/mol. The van der Waals surface area contributed by atoms with Gasteiger partial charge in [-0.3, -0.25) is 4.79 Å². The number of aromatic amines is 1. The lowest BCUT2D eigenvalue weighted by atomic mass is 10.1. The molecule has 0 radical (unpaired) electrons. The van der Waals surface area contributed by atoms with E-state index in [1.165, 1.54) is 24.4 Å². The average Bonchev–Trinajstić information content (AvgIpc) is 2.99. The van der Waals surface area contributed by atoms with E-state index in [2.05, 4.69) is 4.98 Å². The summed E-state index contributed by atoms with van der Waals surface area (Å²) in [5.41, 5.74) is 0.960. The maximum Gasteiger partial charge on any atom is 0.248 e. The zero-order valence-electron chi connectivity index (χ0n) is 11.5. The molecule has 3 rings (SSSR count). The van der Waals surface area contributed by atoms with Gasteiger partial charge in [-0.05, 0) is 42.7 Å². The first-order valence-electron chi connectivity index (χ1n) is 6.95. The Kier molecular flexibility index (Phi) is 4.01. The fourth-order valence-electron chi connectivity index (χ4n) is 2.42. The summed E-state index contributed by atoms with van der Waals surface area (Å²) in [7, 11) is 0. The molecular formula is C16H16FNO3. The highest BCUT2D eigenvalue weighted by Gasteiger charge is 2.17. The topological polar surface area (TPSA) is 51.3 Å². The molecule has 4 nitrogen and oxygen atoms in total. The summed E-state index contributed by atoms with van der Waals surface area (Å²) in [5.74, 6) is 0.187. The molecule has 0 saturated carbocycles. The molecule has 21 heavy (non-hydrogen) atoms. The van der Waals surface area contributed by atoms with Crippen LogP contribution < -0.4 is 10.3 Å². The Hall–Kier alpha value is -2.14. The van der Waals surface area contributed by atoms with E-state index in [-0.39, 0.29) is 17.5 Å². The number of nitrogens with one attached hydrogen (secondary N) is 1. The molecule has 1 fully saturated rings. The minimum atomic E-state index is -0.366. The fourth-order valence-corrected chi connectivity index (χ4v) is 2.42. The van der Waals surface area contributed by atoms with Crippen molar-refractivity contribution in [1.29, 1.82) is 0 Å². The van der Waals surface area contributed by atoms with Crippen LogP contribution >= 0.6 is 0 Å². The van der Waals surface area contributed by atoms with E-state index in [4.69, 9.17) is 9.47 Å². The van der Waals surface area contributed by atoms with Crippen LogP contribution in [0.25, 0.3) is 11.1 Å². The first-order valence-corrected chi connectivity index (χ1v) is 6.95. The second-order valence-electron chi connectivity index (χ2n) is 5.03. The monoisotopic (exact) mass is 289 g/mol. The molecule has 1 N–H and O–H groups in total. The van der Waals surface area contributed by atoms with Crippen molar-refractivity contribution < 1.29 is 13.9 Å². The van der Waals surface area contributed by atoms with Crippen LogP contribution in [0.5, 0.6) is 5.75 Å². The predicted molar refractivity (Wildman–Crippen MR) is 76.9 cm³/mol. The minimum absolute atomic E-state index is 0.0853. The lowest BCUT2D eigenvalue weighted by molar-refractivity contribution is 0.0681. The summed E-state index contributed by atoms with van der Waals surface area (Å²) in [6.07, 6.45) is 3.63. The molecule has 1 aromatic carbocycles. The van der Waals surface area contributed by atoms with Gasteiger partial charge in [-0.15, -0.1) is 0 Å². The highest BCUT2D eigenvalue weighted by molar-refractivity contribution is 5.70. The molecule has 1 aliphatic heterocycles. The van der Waals surface area contributed by atoms with Crippen molar-refractivity contribution in [1.82, 2.24) is 4.98 Å². The van der Waals surface area contributed by atoms with E-state index >= 15 is 0 Å². The van der Waals surface area contributed by atoms with Crippen LogP contribution in [0, 0.1) is 5.82 Å². The molecule has 1 aliphatic rings. The SMILES string of the molecule is O=c1cc(-c2cc(F)ccc2OCC2CCCO2)cc[nH]1. The lowest BCUT2D eigenvalue weighted by Gasteiger charge is -2.14. The second kappa shape index (κ2) is 6.10. The predicted octanol–water partition coefficient (Wildman–Crippen LogP) is 2.74. The summed E-state index contributed by atoms with van der Waals surface area (Å²) in [5, 5.41) is 0. The molecule has 0 aliphatic carbocycles. The maximum absolute atomic E-state index is 13.5. The molecule has 0 bridgehead atoms. The van der Waals surface area contributed by atoms with E-state index < -0.39 is 0 Å². The highest BCUT2D eigenvalue weighted by atomic mass is 19.1. The molecule has 1 unspecified atom stereocenters. The van der Waals surface area contributed by atoms with Crippen molar-refractivity contribution in [2.45, 2.75) is 18.9 Å². The smallest absolute Gasteiger partial charge is 0.248 e. The summed E-state index contributed by atoms with van der Waals surface area (Å²) in [6.45, 7) is 1.19. The Morgan fingerprint density at radius 1 is 1.33 bits per heavy atom. The van der Waals surface area contributed by atoms with Crippen molar-refractivity contribution in [3.63, 3.8) is 0 Å². The third-order valence-corrected chi connectivity index (χ3v) is 3.48. The Morgan fingerprint density at radius 3 is 3.00 bits per heavy atom. The molecule has 2 heterocycles. The Morgan fingerprint density at radius 2 is 2.24 bits per heavy atom. The summed E-state index contributed by atoms with van der Waals surface area (Å²) in [6, 6.07) is 7.45. The van der Waals surface area contributed by atoms with E-state index in [0.717, 1.165) is 19.4 Å². The highest BCUT2D eigenvalue weighted by Crippen LogP contribution is 2.30. The molecule has 1 saturated heterocycles. The van der Waals surface area contributed by atoms with Gasteiger partial charge in [0.1, 0.15) is 18.2 Å². The number of hydrogen-bond donors (Lipinski definition) is 1. The van der Waals surface area contributed by atoms with Crippen molar-refractivity contribution in [2.75, 3.05) is 13.2 Å². The van der Waals surface area contributed by atoms with Crippen molar-refractivity contribution in [2.24, 2.45) is 0 Å². The first-order chi connectivity index (χ1) is 10.2. The lowest BCUT2D eigenvalue weighted by Crippen LogP contribution is -2.16. The van der Waals surface area contributed by atoms with Gasteiger partial charge in [0.15, 0.2) is 0 Å². The van der Waals surface area contributed by atoms with Gasteiger partial charge >= 0.3 is 0 Å². The fraction of sp³-hybridized carbons (Fsp3) is 0.312. The number of rotatable bonds is 4. The summed E-state index contributed by atoms with van der Waals surface area (Å²) >= 11 is 0. The maximum atomic E-state index is 13.5. The number of hydrogen-bond acceptors (Lipinski definition) is 3. The zero-order valence-corrected chi connectivity index (χ0v) is 11.5. The Balaban J connectivity index is 1.87. The van der Waals surface area contributed by atoms with Crippen LogP contribution in [0.2, 0.25) is 0 Å². The van der Waals surface area contributed by atoms with Gasteiger partial charge in [-0.2, -0.15) is 0 Å². The van der Waals surface area contributed by atoms with Crippen LogP contribution in [0.4, 0.5) is 4.39 Å². The number of benzene rings is 1. The van der Waals surface area contributed by atoms with Gasteiger partial charge in [0, 0.05) is 24.4 Å². The number of H-pyrrole nitrogens is 1. The van der Waals surface area contributed by atoms with E-state index in [1.54, 1.807) is 12.1 Å². The number of aromatic nitrogens is 1. The van der Waals surface area contributed by atoms with Crippen LogP contribution in [0.1, 0.15) is 12.8 Å². The molecular weight excluding hydrogens is 273 g/mol. The molecule has 0 spiro atoms. The van der Waals surface area contributed by atoms with Gasteiger partial charge in [-0.1, -0.05) is 0 Å². The van der Waals surface area contributed by atoms with Crippen LogP contribution in [-0.4, -0.2) is 24.3 Å². The number of ether oxygens (including phenoxy) is 2. The molecule has 1 atom stereocenters. The van der Waals surface area contributed by atoms with Gasteiger partial charge in [0.2, 0.25) is 5.56 Å². The summed E-state index contributed by atoms with van der Waals surface area (Å²) in [4.78, 5) is 14.0. The van der Waals surface area contributed by atoms with E-state index in [9.17, 15) is 9.18 Å². The molecule has 0 amide bonds. The normalized spacial score (nSPS) is 17.9. The van der Waals surface area contributed by atoms with Crippen molar-refractivity contribution in [3.8, 4) is 16.9 Å². The standard InChI is InChI=1S/C16H16FNO3/c17-12-3-4-15(21-10-13-2-1-7-20-13)14(9-12)11-5-6-18-16(19)8-11/h3-6,8-9,13H,1-2,7,10H2,(H,18,19).